The Hall–Kier alpha value is -3.22. The molecule has 0 aromatic heterocycles. The predicted octanol–water partition coefficient (Wildman–Crippen LogP) is 2.56. The first-order valence-electron chi connectivity index (χ1n) is 7.67. The lowest BCUT2D eigenvalue weighted by Crippen LogP contribution is -2.24. The zero-order valence-corrected chi connectivity index (χ0v) is 14.9. The van der Waals surface area contributed by atoms with E-state index >= 15 is 0 Å². The van der Waals surface area contributed by atoms with Crippen molar-refractivity contribution >= 4 is 11.8 Å². The van der Waals surface area contributed by atoms with Crippen molar-refractivity contribution in [1.82, 2.24) is 0 Å². The number of carbonyl (C=O) groups excluding carboxylic acids is 2. The lowest BCUT2D eigenvalue weighted by atomic mass is 9.89. The van der Waals surface area contributed by atoms with Crippen LogP contribution >= 0.6 is 0 Å². The smallest absolute Gasteiger partial charge is 0.321 e. The van der Waals surface area contributed by atoms with Gasteiger partial charge >= 0.3 is 5.97 Å². The summed E-state index contributed by atoms with van der Waals surface area (Å²) in [7, 11) is 5.51. The van der Waals surface area contributed by atoms with Crippen molar-refractivity contribution in [2.75, 3.05) is 28.4 Å². The Bertz CT molecular complexity index is 814. The molecule has 1 atom stereocenters. The molecule has 0 saturated carbocycles. The largest absolute Gasteiger partial charge is 0.507 e. The zero-order valence-electron chi connectivity index (χ0n) is 14.9. The molecule has 1 unspecified atom stereocenters. The molecule has 138 valence electrons. The van der Waals surface area contributed by atoms with Crippen LogP contribution in [0.3, 0.4) is 0 Å². The van der Waals surface area contributed by atoms with Crippen LogP contribution in [0.4, 0.5) is 0 Å². The summed E-state index contributed by atoms with van der Waals surface area (Å²) in [5, 5.41) is 10.3. The summed E-state index contributed by atoms with van der Waals surface area (Å²) in [6.45, 7) is 0. The van der Waals surface area contributed by atoms with Gasteiger partial charge in [0.1, 0.15) is 28.9 Å². The topological polar surface area (TPSA) is 91.3 Å². The minimum absolute atomic E-state index is 0.112. The summed E-state index contributed by atoms with van der Waals surface area (Å²) < 4.78 is 20.2. The van der Waals surface area contributed by atoms with Gasteiger partial charge in [-0.3, -0.25) is 9.59 Å². The Morgan fingerprint density at radius 3 is 2.04 bits per heavy atom. The number of methoxy groups -OCH3 is 4. The molecule has 0 aliphatic heterocycles. The van der Waals surface area contributed by atoms with Gasteiger partial charge in [-0.15, -0.1) is 0 Å². The first kappa shape index (κ1) is 19.1. The van der Waals surface area contributed by atoms with Gasteiger partial charge in [0.05, 0.1) is 34.0 Å². The molecule has 7 nitrogen and oxygen atoms in total. The SMILES string of the molecule is COC(=O)C(C(=O)c1ccc(OC)cc1OC)c1ccc(OC)cc1O. The van der Waals surface area contributed by atoms with Gasteiger partial charge in [0, 0.05) is 17.7 Å². The third-order valence-corrected chi connectivity index (χ3v) is 3.92. The van der Waals surface area contributed by atoms with E-state index in [-0.39, 0.29) is 22.6 Å². The molecule has 26 heavy (non-hydrogen) atoms. The van der Waals surface area contributed by atoms with Crippen LogP contribution < -0.4 is 14.2 Å². The summed E-state index contributed by atoms with van der Waals surface area (Å²) >= 11 is 0. The lowest BCUT2D eigenvalue weighted by molar-refractivity contribution is -0.141. The molecule has 0 bridgehead atoms. The zero-order chi connectivity index (χ0) is 19.3. The van der Waals surface area contributed by atoms with Gasteiger partial charge in [-0.05, 0) is 18.2 Å². The standard InChI is InChI=1S/C19H20O7/c1-23-11-5-7-13(15(20)9-11)17(19(22)26-4)18(21)14-8-6-12(24-2)10-16(14)25-3/h5-10,17,20H,1-4H3. The molecule has 0 fully saturated rings. The molecule has 0 heterocycles. The fourth-order valence-electron chi connectivity index (χ4n) is 2.55. The Morgan fingerprint density at radius 2 is 1.50 bits per heavy atom. The van der Waals surface area contributed by atoms with E-state index in [1.165, 1.54) is 52.7 Å². The van der Waals surface area contributed by atoms with Gasteiger partial charge in [0.2, 0.25) is 0 Å². The van der Waals surface area contributed by atoms with Crippen LogP contribution in [-0.4, -0.2) is 45.3 Å². The van der Waals surface area contributed by atoms with E-state index in [9.17, 15) is 14.7 Å². The Balaban J connectivity index is 2.54. The fourth-order valence-corrected chi connectivity index (χ4v) is 2.55. The number of aromatic hydroxyl groups is 1. The van der Waals surface area contributed by atoms with Gasteiger partial charge in [-0.25, -0.2) is 0 Å². The summed E-state index contributed by atoms with van der Waals surface area (Å²) in [5.41, 5.74) is 0.277. The van der Waals surface area contributed by atoms with Crippen LogP contribution in [-0.2, 0) is 9.53 Å². The molecular weight excluding hydrogens is 340 g/mol. The van der Waals surface area contributed by atoms with E-state index < -0.39 is 17.7 Å². The second kappa shape index (κ2) is 8.24. The summed E-state index contributed by atoms with van der Waals surface area (Å²) in [5.74, 6) is -1.83. The first-order chi connectivity index (χ1) is 12.5. The molecule has 0 spiro atoms. The maximum absolute atomic E-state index is 13.1. The highest BCUT2D eigenvalue weighted by molar-refractivity contribution is 6.14. The predicted molar refractivity (Wildman–Crippen MR) is 93.3 cm³/mol. The molecule has 0 radical (unpaired) electrons. The highest BCUT2D eigenvalue weighted by Crippen LogP contribution is 2.35. The van der Waals surface area contributed by atoms with Gasteiger partial charge in [0.15, 0.2) is 5.78 Å². The quantitative estimate of drug-likeness (QED) is 0.461. The summed E-state index contributed by atoms with van der Waals surface area (Å²) in [6, 6.07) is 8.93. The van der Waals surface area contributed by atoms with Gasteiger partial charge in [-0.2, -0.15) is 0 Å². The van der Waals surface area contributed by atoms with Gasteiger partial charge in [-0.1, -0.05) is 6.07 Å². The van der Waals surface area contributed by atoms with Crippen LogP contribution in [0, 0.1) is 0 Å². The van der Waals surface area contributed by atoms with E-state index in [1.807, 2.05) is 0 Å². The van der Waals surface area contributed by atoms with Crippen molar-refractivity contribution in [3.63, 3.8) is 0 Å². The fraction of sp³-hybridized carbons (Fsp3) is 0.263. The number of ketones is 1. The highest BCUT2D eigenvalue weighted by Gasteiger charge is 2.34. The molecule has 7 heteroatoms. The Labute approximate surface area is 151 Å². The first-order valence-corrected chi connectivity index (χ1v) is 7.67. The Morgan fingerprint density at radius 1 is 0.885 bits per heavy atom. The minimum Gasteiger partial charge on any atom is -0.507 e. The monoisotopic (exact) mass is 360 g/mol. The highest BCUT2D eigenvalue weighted by atomic mass is 16.5. The third kappa shape index (κ3) is 3.72. The van der Waals surface area contributed by atoms with E-state index in [2.05, 4.69) is 0 Å². The minimum atomic E-state index is -1.35. The average molecular weight is 360 g/mol. The molecule has 0 saturated heterocycles. The molecule has 2 rings (SSSR count). The number of Topliss-reactive ketones (excluding diaryl/α,β-unsaturated/α-hetero) is 1. The Kier molecular flexibility index (Phi) is 6.06. The van der Waals surface area contributed by atoms with E-state index in [0.29, 0.717) is 11.5 Å². The maximum atomic E-state index is 13.1. The number of phenolic OH excluding ortho intramolecular Hbond substituents is 1. The molecular formula is C19H20O7. The van der Waals surface area contributed by atoms with Gasteiger partial charge < -0.3 is 24.1 Å². The van der Waals surface area contributed by atoms with Crippen molar-refractivity contribution in [1.29, 1.82) is 0 Å². The van der Waals surface area contributed by atoms with Crippen molar-refractivity contribution < 1.29 is 33.6 Å². The van der Waals surface area contributed by atoms with Gasteiger partial charge in [0.25, 0.3) is 0 Å². The van der Waals surface area contributed by atoms with Crippen molar-refractivity contribution in [3.8, 4) is 23.0 Å². The number of ether oxygens (including phenoxy) is 4. The van der Waals surface area contributed by atoms with Crippen molar-refractivity contribution in [2.45, 2.75) is 5.92 Å². The molecule has 0 amide bonds. The number of hydrogen-bond acceptors (Lipinski definition) is 7. The van der Waals surface area contributed by atoms with E-state index in [1.54, 1.807) is 12.1 Å². The van der Waals surface area contributed by atoms with Crippen molar-refractivity contribution in [3.05, 3.63) is 47.5 Å². The molecule has 0 aliphatic carbocycles. The van der Waals surface area contributed by atoms with Crippen LogP contribution in [0.25, 0.3) is 0 Å². The number of hydrogen-bond donors (Lipinski definition) is 1. The third-order valence-electron chi connectivity index (χ3n) is 3.92. The van der Waals surface area contributed by atoms with Crippen LogP contribution in [0.2, 0.25) is 0 Å². The van der Waals surface area contributed by atoms with Crippen LogP contribution in [0.5, 0.6) is 23.0 Å². The van der Waals surface area contributed by atoms with Crippen LogP contribution in [0.15, 0.2) is 36.4 Å². The number of phenols is 1. The number of benzene rings is 2. The maximum Gasteiger partial charge on any atom is 0.321 e. The van der Waals surface area contributed by atoms with Crippen molar-refractivity contribution in [2.24, 2.45) is 0 Å². The number of esters is 1. The molecule has 2 aromatic rings. The summed E-state index contributed by atoms with van der Waals surface area (Å²) in [4.78, 5) is 25.4. The van der Waals surface area contributed by atoms with Crippen LogP contribution in [0.1, 0.15) is 21.8 Å². The lowest BCUT2D eigenvalue weighted by Gasteiger charge is -2.18. The second-order valence-electron chi connectivity index (χ2n) is 5.31. The normalized spacial score (nSPS) is 11.4. The molecule has 2 aromatic carbocycles. The average Bonchev–Trinajstić information content (AvgIpc) is 2.68. The molecule has 0 aliphatic rings. The molecule has 1 N–H and O–H groups in total. The number of carbonyl (C=O) groups is 2. The summed E-state index contributed by atoms with van der Waals surface area (Å²) in [6.07, 6.45) is 0. The van der Waals surface area contributed by atoms with E-state index in [4.69, 9.17) is 18.9 Å². The second-order valence-corrected chi connectivity index (χ2v) is 5.31. The van der Waals surface area contributed by atoms with E-state index in [0.717, 1.165) is 0 Å². The number of rotatable bonds is 7.